The van der Waals surface area contributed by atoms with Crippen LogP contribution >= 0.6 is 0 Å². The molecule has 0 atom stereocenters. The van der Waals surface area contributed by atoms with Crippen molar-refractivity contribution in [2.75, 3.05) is 87.8 Å². The lowest BCUT2D eigenvalue weighted by molar-refractivity contribution is -0.116. The van der Waals surface area contributed by atoms with E-state index in [2.05, 4.69) is 31.4 Å². The van der Waals surface area contributed by atoms with Crippen LogP contribution in [0.3, 0.4) is 0 Å². The number of carbonyl (C=O) groups is 2. The second kappa shape index (κ2) is 15.6. The highest BCUT2D eigenvalue weighted by molar-refractivity contribution is 6.03. The molecule has 2 heterocycles. The molecule has 6 rings (SSSR count). The Labute approximate surface area is 277 Å². The van der Waals surface area contributed by atoms with E-state index >= 15 is 0 Å². The molecule has 4 aromatic carbocycles. The van der Waals surface area contributed by atoms with Crippen molar-refractivity contribution in [1.82, 2.24) is 10.2 Å². The number of rotatable bonds is 11. The molecule has 0 aromatic heterocycles. The van der Waals surface area contributed by atoms with Crippen LogP contribution in [0.2, 0.25) is 0 Å². The third kappa shape index (κ3) is 7.93. The van der Waals surface area contributed by atoms with Gasteiger partial charge in [0.25, 0.3) is 5.91 Å². The van der Waals surface area contributed by atoms with E-state index in [0.717, 1.165) is 74.1 Å². The molecule has 2 N–H and O–H groups in total. The first-order chi connectivity index (χ1) is 23.1. The zero-order valence-electron chi connectivity index (χ0n) is 26.9. The van der Waals surface area contributed by atoms with Gasteiger partial charge in [-0.05, 0) is 41.5 Å². The predicted molar refractivity (Wildman–Crippen MR) is 187 cm³/mol. The number of hydrogen-bond acceptors (Lipinski definition) is 7. The number of amides is 2. The van der Waals surface area contributed by atoms with E-state index in [4.69, 9.17) is 9.47 Å². The van der Waals surface area contributed by atoms with Gasteiger partial charge in [0.2, 0.25) is 5.91 Å². The zero-order chi connectivity index (χ0) is 32.4. The maximum atomic E-state index is 13.9. The van der Waals surface area contributed by atoms with E-state index in [1.165, 1.54) is 0 Å². The lowest BCUT2D eigenvalue weighted by Gasteiger charge is -2.38. The number of methoxy groups -OCH3 is 1. The molecule has 2 aliphatic rings. The van der Waals surface area contributed by atoms with Crippen LogP contribution in [0.1, 0.15) is 27.4 Å². The van der Waals surface area contributed by atoms with E-state index < -0.39 is 5.92 Å². The standard InChI is InChI=1S/C38H43N5O4/c1-46-35-15-9-8-14-34(35)43-22-20-42(21-23-43)33-17-16-31(28-32(33)37(44)39-18-19-41-24-26-47-27-25-41)40-38(45)36(29-10-4-2-5-11-29)30-12-6-3-7-13-30/h2-17,28,36H,18-27H2,1H3,(H,39,44)(H,40,45). The number of morpholine rings is 1. The van der Waals surface area contributed by atoms with E-state index in [9.17, 15) is 9.59 Å². The number of para-hydroxylation sites is 2. The molecular weight excluding hydrogens is 590 g/mol. The van der Waals surface area contributed by atoms with E-state index in [-0.39, 0.29) is 11.8 Å². The summed E-state index contributed by atoms with van der Waals surface area (Å²) in [7, 11) is 1.70. The lowest BCUT2D eigenvalue weighted by Crippen LogP contribution is -2.47. The molecule has 2 aliphatic heterocycles. The number of ether oxygens (including phenoxy) is 2. The Morgan fingerprint density at radius 2 is 1.34 bits per heavy atom. The largest absolute Gasteiger partial charge is 0.495 e. The van der Waals surface area contributed by atoms with Gasteiger partial charge in [-0.2, -0.15) is 0 Å². The SMILES string of the molecule is COc1ccccc1N1CCN(c2ccc(NC(=O)C(c3ccccc3)c3ccccc3)cc2C(=O)NCCN2CCOCC2)CC1. The number of benzene rings is 4. The highest BCUT2D eigenvalue weighted by atomic mass is 16.5. The van der Waals surface area contributed by atoms with Gasteiger partial charge in [0, 0.05) is 63.7 Å². The van der Waals surface area contributed by atoms with Crippen LogP contribution < -0.4 is 25.2 Å². The van der Waals surface area contributed by atoms with Gasteiger partial charge in [0.05, 0.1) is 37.5 Å². The molecule has 0 radical (unpaired) electrons. The number of hydrogen-bond donors (Lipinski definition) is 2. The smallest absolute Gasteiger partial charge is 0.253 e. The van der Waals surface area contributed by atoms with Crippen LogP contribution in [0, 0.1) is 0 Å². The van der Waals surface area contributed by atoms with Crippen molar-refractivity contribution in [3.05, 3.63) is 120 Å². The summed E-state index contributed by atoms with van der Waals surface area (Å²) in [5.74, 6) is 0.0510. The summed E-state index contributed by atoms with van der Waals surface area (Å²) >= 11 is 0. The maximum Gasteiger partial charge on any atom is 0.253 e. The number of nitrogens with zero attached hydrogens (tertiary/aromatic N) is 3. The molecule has 9 heteroatoms. The minimum Gasteiger partial charge on any atom is -0.495 e. The molecule has 4 aromatic rings. The molecule has 0 spiro atoms. The first kappa shape index (κ1) is 32.1. The van der Waals surface area contributed by atoms with Gasteiger partial charge in [-0.1, -0.05) is 72.8 Å². The van der Waals surface area contributed by atoms with Gasteiger partial charge in [-0.15, -0.1) is 0 Å². The lowest BCUT2D eigenvalue weighted by atomic mass is 9.90. The summed E-state index contributed by atoms with van der Waals surface area (Å²) in [6.45, 7) is 7.49. The molecule has 0 bridgehead atoms. The summed E-state index contributed by atoms with van der Waals surface area (Å²) in [6.07, 6.45) is 0. The monoisotopic (exact) mass is 633 g/mol. The Hall–Kier alpha value is -4.86. The molecule has 0 saturated carbocycles. The number of anilines is 3. The molecule has 244 valence electrons. The Morgan fingerprint density at radius 3 is 1.98 bits per heavy atom. The Bertz CT molecular complexity index is 1580. The van der Waals surface area contributed by atoms with E-state index in [1.807, 2.05) is 97.1 Å². The fourth-order valence-corrected chi connectivity index (χ4v) is 6.40. The van der Waals surface area contributed by atoms with Crippen LogP contribution in [-0.2, 0) is 9.53 Å². The fraction of sp³-hybridized carbons (Fsp3) is 0.316. The number of carbonyl (C=O) groups excluding carboxylic acids is 2. The molecule has 2 fully saturated rings. The van der Waals surface area contributed by atoms with Crippen LogP contribution in [0.25, 0.3) is 0 Å². The highest BCUT2D eigenvalue weighted by Crippen LogP contribution is 2.32. The minimum atomic E-state index is -0.495. The number of piperazine rings is 1. The van der Waals surface area contributed by atoms with Gasteiger partial charge >= 0.3 is 0 Å². The van der Waals surface area contributed by atoms with E-state index in [1.54, 1.807) is 7.11 Å². The van der Waals surface area contributed by atoms with Crippen LogP contribution in [0.4, 0.5) is 17.1 Å². The molecule has 0 aliphatic carbocycles. The molecular formula is C38H43N5O4. The quantitative estimate of drug-likeness (QED) is 0.244. The molecule has 47 heavy (non-hydrogen) atoms. The summed E-state index contributed by atoms with van der Waals surface area (Å²) in [5.41, 5.74) is 4.87. The topological polar surface area (TPSA) is 86.4 Å². The van der Waals surface area contributed by atoms with Crippen molar-refractivity contribution in [3.63, 3.8) is 0 Å². The third-order valence-corrected chi connectivity index (χ3v) is 8.90. The van der Waals surface area contributed by atoms with Gasteiger partial charge in [-0.25, -0.2) is 0 Å². The van der Waals surface area contributed by atoms with Crippen LogP contribution in [0.15, 0.2) is 103 Å². The van der Waals surface area contributed by atoms with E-state index in [0.29, 0.717) is 31.0 Å². The fourth-order valence-electron chi connectivity index (χ4n) is 6.40. The van der Waals surface area contributed by atoms with Crippen molar-refractivity contribution in [2.24, 2.45) is 0 Å². The molecule has 0 unspecified atom stereocenters. The average Bonchev–Trinajstić information content (AvgIpc) is 3.13. The molecule has 2 amide bonds. The summed E-state index contributed by atoms with van der Waals surface area (Å²) < 4.78 is 11.1. The minimum absolute atomic E-state index is 0.153. The summed E-state index contributed by atoms with van der Waals surface area (Å²) in [4.78, 5) is 34.6. The van der Waals surface area contributed by atoms with Gasteiger partial charge in [0.1, 0.15) is 5.75 Å². The van der Waals surface area contributed by atoms with Crippen molar-refractivity contribution >= 4 is 28.9 Å². The normalized spacial score (nSPS) is 15.4. The van der Waals surface area contributed by atoms with Crippen molar-refractivity contribution < 1.29 is 19.1 Å². The van der Waals surface area contributed by atoms with Gasteiger partial charge < -0.3 is 29.9 Å². The first-order valence-corrected chi connectivity index (χ1v) is 16.4. The van der Waals surface area contributed by atoms with Crippen LogP contribution in [0.5, 0.6) is 5.75 Å². The van der Waals surface area contributed by atoms with Crippen LogP contribution in [-0.4, -0.2) is 89.4 Å². The summed E-state index contributed by atoms with van der Waals surface area (Å²) in [5, 5.41) is 6.27. The Balaban J connectivity index is 1.22. The number of nitrogens with one attached hydrogen (secondary N) is 2. The first-order valence-electron chi connectivity index (χ1n) is 16.4. The average molecular weight is 634 g/mol. The highest BCUT2D eigenvalue weighted by Gasteiger charge is 2.26. The maximum absolute atomic E-state index is 13.9. The second-order valence-electron chi connectivity index (χ2n) is 11.8. The Kier molecular flexibility index (Phi) is 10.7. The third-order valence-electron chi connectivity index (χ3n) is 8.90. The molecule has 9 nitrogen and oxygen atoms in total. The predicted octanol–water partition coefficient (Wildman–Crippen LogP) is 4.85. The van der Waals surface area contributed by atoms with Crippen molar-refractivity contribution in [1.29, 1.82) is 0 Å². The van der Waals surface area contributed by atoms with Gasteiger partial charge in [-0.3, -0.25) is 14.5 Å². The molecule has 2 saturated heterocycles. The van der Waals surface area contributed by atoms with Gasteiger partial charge in [0.15, 0.2) is 0 Å². The zero-order valence-corrected chi connectivity index (χ0v) is 26.9. The Morgan fingerprint density at radius 1 is 0.745 bits per heavy atom. The summed E-state index contributed by atoms with van der Waals surface area (Å²) in [6, 6.07) is 33.3. The second-order valence-corrected chi connectivity index (χ2v) is 11.8. The van der Waals surface area contributed by atoms with Crippen molar-refractivity contribution in [3.8, 4) is 5.75 Å². The van der Waals surface area contributed by atoms with Crippen molar-refractivity contribution in [2.45, 2.75) is 5.92 Å².